The Labute approximate surface area is 151 Å². The second-order valence-electron chi connectivity index (χ2n) is 6.17. The topological polar surface area (TPSA) is 74.5 Å². The van der Waals surface area contributed by atoms with Gasteiger partial charge in [-0.1, -0.05) is 32.0 Å². The number of hydrogen-bond donors (Lipinski definition) is 0. The third-order valence-electron chi connectivity index (χ3n) is 3.49. The van der Waals surface area contributed by atoms with E-state index >= 15 is 0 Å². The molecule has 0 amide bonds. The minimum Gasteiger partial charge on any atom is -0.493 e. The van der Waals surface area contributed by atoms with E-state index in [9.17, 15) is 4.79 Å². The lowest BCUT2D eigenvalue weighted by Gasteiger charge is -2.09. The molecule has 0 aliphatic carbocycles. The van der Waals surface area contributed by atoms with Gasteiger partial charge in [0.25, 0.3) is 5.89 Å². The average Bonchev–Trinajstić information content (AvgIpc) is 3.14. The lowest BCUT2D eigenvalue weighted by molar-refractivity contribution is 0.0438. The molecule has 3 aromatic rings. The van der Waals surface area contributed by atoms with Gasteiger partial charge in [-0.05, 0) is 42.3 Å². The lowest BCUT2D eigenvalue weighted by atomic mass is 10.2. The quantitative estimate of drug-likeness (QED) is 0.595. The van der Waals surface area contributed by atoms with Gasteiger partial charge in [-0.2, -0.15) is 0 Å². The molecule has 0 aliphatic rings. The number of nitrogens with zero attached hydrogens (tertiary/aromatic N) is 2. The zero-order valence-corrected chi connectivity index (χ0v) is 14.7. The van der Waals surface area contributed by atoms with Crippen molar-refractivity contribution in [3.05, 3.63) is 66.1 Å². The van der Waals surface area contributed by atoms with Gasteiger partial charge in [0.1, 0.15) is 5.75 Å². The van der Waals surface area contributed by atoms with E-state index in [1.807, 2.05) is 30.3 Å². The molecule has 0 fully saturated rings. The van der Waals surface area contributed by atoms with Crippen LogP contribution in [0.5, 0.6) is 5.75 Å². The normalized spacial score (nSPS) is 10.7. The first kappa shape index (κ1) is 17.7. The first-order valence-corrected chi connectivity index (χ1v) is 8.39. The zero-order valence-electron chi connectivity index (χ0n) is 14.7. The summed E-state index contributed by atoms with van der Waals surface area (Å²) in [7, 11) is 0. The van der Waals surface area contributed by atoms with E-state index in [0.29, 0.717) is 24.0 Å². The Morgan fingerprint density at radius 3 is 2.46 bits per heavy atom. The van der Waals surface area contributed by atoms with Crippen molar-refractivity contribution < 1.29 is 18.7 Å². The molecule has 3 rings (SSSR count). The van der Waals surface area contributed by atoms with Gasteiger partial charge in [0.2, 0.25) is 5.89 Å². The molecule has 1 aromatic heterocycles. The van der Waals surface area contributed by atoms with Crippen LogP contribution in [0.2, 0.25) is 0 Å². The van der Waals surface area contributed by atoms with Crippen LogP contribution in [0.3, 0.4) is 0 Å². The van der Waals surface area contributed by atoms with E-state index in [4.69, 9.17) is 13.9 Å². The molecule has 0 N–H and O–H groups in total. The number of rotatable bonds is 7. The number of aromatic nitrogens is 2. The highest BCUT2D eigenvalue weighted by Gasteiger charge is 2.12. The molecule has 0 bridgehead atoms. The van der Waals surface area contributed by atoms with Crippen LogP contribution in [0.4, 0.5) is 0 Å². The van der Waals surface area contributed by atoms with Gasteiger partial charge in [-0.15, -0.1) is 10.2 Å². The second kappa shape index (κ2) is 8.29. The third-order valence-corrected chi connectivity index (χ3v) is 3.49. The van der Waals surface area contributed by atoms with E-state index in [0.717, 1.165) is 11.3 Å². The fourth-order valence-electron chi connectivity index (χ4n) is 2.17. The largest absolute Gasteiger partial charge is 0.493 e. The number of esters is 1. The van der Waals surface area contributed by atoms with E-state index in [1.54, 1.807) is 24.3 Å². The summed E-state index contributed by atoms with van der Waals surface area (Å²) in [6.45, 7) is 4.70. The summed E-state index contributed by atoms with van der Waals surface area (Å²) < 4.78 is 16.3. The van der Waals surface area contributed by atoms with Crippen LogP contribution >= 0.6 is 0 Å². The van der Waals surface area contributed by atoms with Crippen molar-refractivity contribution in [2.45, 2.75) is 20.5 Å². The molecule has 0 radical (unpaired) electrons. The molecule has 134 valence electrons. The maximum absolute atomic E-state index is 12.1. The zero-order chi connectivity index (χ0) is 18.4. The van der Waals surface area contributed by atoms with Crippen LogP contribution < -0.4 is 4.74 Å². The SMILES string of the molecule is CC(C)COc1ccc(C(=O)OCc2nnc(-c3ccccc3)o2)cc1. The maximum Gasteiger partial charge on any atom is 0.338 e. The first-order valence-electron chi connectivity index (χ1n) is 8.39. The highest BCUT2D eigenvalue weighted by molar-refractivity contribution is 5.89. The summed E-state index contributed by atoms with van der Waals surface area (Å²) >= 11 is 0. The van der Waals surface area contributed by atoms with Gasteiger partial charge in [0.05, 0.1) is 12.2 Å². The van der Waals surface area contributed by atoms with Gasteiger partial charge in [0, 0.05) is 5.56 Å². The molecular weight excluding hydrogens is 332 g/mol. The number of hydrogen-bond acceptors (Lipinski definition) is 6. The second-order valence-corrected chi connectivity index (χ2v) is 6.17. The van der Waals surface area contributed by atoms with Crippen LogP contribution in [0.15, 0.2) is 59.0 Å². The maximum atomic E-state index is 12.1. The van der Waals surface area contributed by atoms with Crippen molar-refractivity contribution in [3.63, 3.8) is 0 Å². The molecule has 6 nitrogen and oxygen atoms in total. The van der Waals surface area contributed by atoms with Crippen LogP contribution in [0, 0.1) is 5.92 Å². The van der Waals surface area contributed by atoms with Crippen molar-refractivity contribution in [2.75, 3.05) is 6.61 Å². The fraction of sp³-hybridized carbons (Fsp3) is 0.250. The summed E-state index contributed by atoms with van der Waals surface area (Å²) in [4.78, 5) is 12.1. The minimum absolute atomic E-state index is 0.0791. The Morgan fingerprint density at radius 1 is 1.04 bits per heavy atom. The summed E-state index contributed by atoms with van der Waals surface area (Å²) in [5.74, 6) is 1.34. The van der Waals surface area contributed by atoms with Gasteiger partial charge < -0.3 is 13.9 Å². The van der Waals surface area contributed by atoms with E-state index < -0.39 is 5.97 Å². The Bertz CT molecular complexity index is 842. The molecule has 0 spiro atoms. The number of carbonyl (C=O) groups excluding carboxylic acids is 1. The van der Waals surface area contributed by atoms with Crippen molar-refractivity contribution in [3.8, 4) is 17.2 Å². The molecular formula is C20H20N2O4. The molecule has 26 heavy (non-hydrogen) atoms. The molecule has 0 unspecified atom stereocenters. The van der Waals surface area contributed by atoms with Crippen molar-refractivity contribution in [1.82, 2.24) is 10.2 Å². The lowest BCUT2D eigenvalue weighted by Crippen LogP contribution is -2.07. The summed E-state index contributed by atoms with van der Waals surface area (Å²) in [6.07, 6.45) is 0. The smallest absolute Gasteiger partial charge is 0.338 e. The third kappa shape index (κ3) is 4.69. The number of carbonyl (C=O) groups is 1. The molecule has 0 saturated heterocycles. The van der Waals surface area contributed by atoms with Crippen LogP contribution in [0.1, 0.15) is 30.1 Å². The Balaban J connectivity index is 1.55. The monoisotopic (exact) mass is 352 g/mol. The Hall–Kier alpha value is -3.15. The Morgan fingerprint density at radius 2 is 1.77 bits per heavy atom. The predicted molar refractivity (Wildman–Crippen MR) is 95.6 cm³/mol. The van der Waals surface area contributed by atoms with Crippen molar-refractivity contribution in [1.29, 1.82) is 0 Å². The molecule has 1 heterocycles. The summed E-state index contributed by atoms with van der Waals surface area (Å²) in [6, 6.07) is 16.2. The van der Waals surface area contributed by atoms with Gasteiger partial charge >= 0.3 is 5.97 Å². The summed E-state index contributed by atoms with van der Waals surface area (Å²) in [5.41, 5.74) is 1.25. The number of benzene rings is 2. The van der Waals surface area contributed by atoms with E-state index in [1.165, 1.54) is 0 Å². The highest BCUT2D eigenvalue weighted by atomic mass is 16.5. The number of ether oxygens (including phenoxy) is 2. The van der Waals surface area contributed by atoms with Crippen LogP contribution in [-0.2, 0) is 11.3 Å². The Kier molecular flexibility index (Phi) is 5.63. The van der Waals surface area contributed by atoms with E-state index in [2.05, 4.69) is 24.0 Å². The summed E-state index contributed by atoms with van der Waals surface area (Å²) in [5, 5.41) is 7.86. The molecule has 0 aliphatic heterocycles. The molecule has 2 aromatic carbocycles. The fourth-order valence-corrected chi connectivity index (χ4v) is 2.17. The molecule has 0 atom stereocenters. The van der Waals surface area contributed by atoms with Gasteiger partial charge in [-0.25, -0.2) is 4.79 Å². The highest BCUT2D eigenvalue weighted by Crippen LogP contribution is 2.18. The first-order chi connectivity index (χ1) is 12.6. The average molecular weight is 352 g/mol. The van der Waals surface area contributed by atoms with Crippen LogP contribution in [0.25, 0.3) is 11.5 Å². The minimum atomic E-state index is -0.458. The predicted octanol–water partition coefficient (Wildman–Crippen LogP) is 4.13. The van der Waals surface area contributed by atoms with E-state index in [-0.39, 0.29) is 12.5 Å². The van der Waals surface area contributed by atoms with Crippen LogP contribution in [-0.4, -0.2) is 22.8 Å². The van der Waals surface area contributed by atoms with Crippen molar-refractivity contribution >= 4 is 5.97 Å². The van der Waals surface area contributed by atoms with Gasteiger partial charge in [-0.3, -0.25) is 0 Å². The van der Waals surface area contributed by atoms with Crippen molar-refractivity contribution in [2.24, 2.45) is 5.92 Å². The standard InChI is InChI=1S/C20H20N2O4/c1-14(2)12-24-17-10-8-16(9-11-17)20(23)25-13-18-21-22-19(26-18)15-6-4-3-5-7-15/h3-11,14H,12-13H2,1-2H3. The molecule has 0 saturated carbocycles. The van der Waals surface area contributed by atoms with Gasteiger partial charge in [0.15, 0.2) is 6.61 Å². The molecule has 6 heteroatoms.